The second-order valence-corrected chi connectivity index (χ2v) is 5.64. The average molecular weight is 306 g/mol. The molecule has 0 saturated carbocycles. The minimum atomic E-state index is 0.406. The molecule has 1 aromatic rings. The van der Waals surface area contributed by atoms with Gasteiger partial charge in [0.05, 0.1) is 11.7 Å². The molecular formula is C10H10BrClN2S. The number of thioether (sulfide) groups is 1. The lowest BCUT2D eigenvalue weighted by molar-refractivity contribution is 0.865. The van der Waals surface area contributed by atoms with E-state index in [4.69, 9.17) is 11.6 Å². The molecular weight excluding hydrogens is 296 g/mol. The van der Waals surface area contributed by atoms with Crippen LogP contribution in [-0.4, -0.2) is 17.0 Å². The lowest BCUT2D eigenvalue weighted by Crippen LogP contribution is -2.05. The molecule has 0 aliphatic carbocycles. The summed E-state index contributed by atoms with van der Waals surface area (Å²) in [6, 6.07) is 6.08. The molecule has 1 atom stereocenters. The van der Waals surface area contributed by atoms with E-state index < -0.39 is 0 Å². The number of nitrogens with one attached hydrogen (secondary N) is 1. The van der Waals surface area contributed by atoms with Gasteiger partial charge >= 0.3 is 0 Å². The zero-order valence-electron chi connectivity index (χ0n) is 8.13. The van der Waals surface area contributed by atoms with Crippen molar-refractivity contribution in [2.45, 2.75) is 13.0 Å². The lowest BCUT2D eigenvalue weighted by atomic mass is 10.3. The second kappa shape index (κ2) is 4.76. The summed E-state index contributed by atoms with van der Waals surface area (Å²) in [5.74, 6) is 1.05. The Kier molecular flexibility index (Phi) is 3.59. The summed E-state index contributed by atoms with van der Waals surface area (Å²) in [6.07, 6.45) is 0. The van der Waals surface area contributed by atoms with Crippen LogP contribution in [0.2, 0.25) is 5.02 Å². The SMILES string of the molecule is CC1CSC(Nc2ccc(Cl)cc2Br)=N1. The molecule has 1 aromatic carbocycles. The fourth-order valence-corrected chi connectivity index (χ4v) is 2.94. The monoisotopic (exact) mass is 304 g/mol. The Balaban J connectivity index is 2.14. The van der Waals surface area contributed by atoms with Crippen LogP contribution in [0.3, 0.4) is 0 Å². The van der Waals surface area contributed by atoms with Gasteiger partial charge in [0.15, 0.2) is 5.17 Å². The summed E-state index contributed by atoms with van der Waals surface area (Å²) in [5.41, 5.74) is 1.000. The third-order valence-corrected chi connectivity index (χ3v) is 3.99. The first-order chi connectivity index (χ1) is 7.15. The smallest absolute Gasteiger partial charge is 0.161 e. The maximum absolute atomic E-state index is 5.86. The molecule has 1 unspecified atom stereocenters. The lowest BCUT2D eigenvalue weighted by Gasteiger charge is -2.07. The van der Waals surface area contributed by atoms with Crippen LogP contribution < -0.4 is 5.32 Å². The molecule has 2 rings (SSSR count). The first-order valence-corrected chi connectivity index (χ1v) is 6.73. The van der Waals surface area contributed by atoms with Crippen molar-refractivity contribution < 1.29 is 0 Å². The van der Waals surface area contributed by atoms with Gasteiger partial charge in [-0.2, -0.15) is 0 Å². The molecule has 0 fully saturated rings. The Morgan fingerprint density at radius 3 is 3.00 bits per heavy atom. The molecule has 1 heterocycles. The van der Waals surface area contributed by atoms with Crippen molar-refractivity contribution in [2.75, 3.05) is 11.1 Å². The quantitative estimate of drug-likeness (QED) is 0.848. The van der Waals surface area contributed by atoms with Crippen LogP contribution >= 0.6 is 39.3 Å². The van der Waals surface area contributed by atoms with E-state index >= 15 is 0 Å². The highest BCUT2D eigenvalue weighted by atomic mass is 79.9. The van der Waals surface area contributed by atoms with E-state index in [0.717, 1.165) is 26.1 Å². The fourth-order valence-electron chi connectivity index (χ4n) is 1.25. The van der Waals surface area contributed by atoms with E-state index in [1.165, 1.54) is 0 Å². The van der Waals surface area contributed by atoms with E-state index in [1.54, 1.807) is 11.8 Å². The first-order valence-electron chi connectivity index (χ1n) is 4.58. The van der Waals surface area contributed by atoms with E-state index in [2.05, 4.69) is 33.2 Å². The number of anilines is 1. The molecule has 1 aliphatic rings. The molecule has 0 bridgehead atoms. The number of hydrogen-bond donors (Lipinski definition) is 1. The summed E-state index contributed by atoms with van der Waals surface area (Å²) in [5, 5.41) is 4.98. The number of aliphatic imine (C=N–C) groups is 1. The molecule has 0 saturated heterocycles. The van der Waals surface area contributed by atoms with Crippen LogP contribution in [0.1, 0.15) is 6.92 Å². The van der Waals surface area contributed by atoms with Gasteiger partial charge in [0.1, 0.15) is 0 Å². The van der Waals surface area contributed by atoms with Crippen molar-refractivity contribution in [1.82, 2.24) is 0 Å². The molecule has 2 nitrogen and oxygen atoms in total. The van der Waals surface area contributed by atoms with E-state index in [9.17, 15) is 0 Å². The minimum Gasteiger partial charge on any atom is -0.334 e. The van der Waals surface area contributed by atoms with Crippen molar-refractivity contribution in [2.24, 2.45) is 4.99 Å². The predicted octanol–water partition coefficient (Wildman–Crippen LogP) is 4.01. The third kappa shape index (κ3) is 2.89. The van der Waals surface area contributed by atoms with Crippen LogP contribution in [0, 0.1) is 0 Å². The standard InChI is InChI=1S/C10H10BrClN2S/c1-6-5-15-10(13-6)14-9-3-2-7(12)4-8(9)11/h2-4,6H,5H2,1H3,(H,13,14). The molecule has 0 amide bonds. The van der Waals surface area contributed by atoms with E-state index in [-0.39, 0.29) is 0 Å². The van der Waals surface area contributed by atoms with Crippen molar-refractivity contribution in [3.8, 4) is 0 Å². The normalized spacial score (nSPS) is 20.2. The Morgan fingerprint density at radius 2 is 2.40 bits per heavy atom. The Labute approximate surface area is 107 Å². The number of benzene rings is 1. The Bertz CT molecular complexity index is 408. The summed E-state index contributed by atoms with van der Waals surface area (Å²) in [7, 11) is 0. The second-order valence-electron chi connectivity index (χ2n) is 3.34. The highest BCUT2D eigenvalue weighted by Gasteiger charge is 2.14. The Morgan fingerprint density at radius 1 is 1.60 bits per heavy atom. The maximum Gasteiger partial charge on any atom is 0.161 e. The van der Waals surface area contributed by atoms with E-state index in [1.807, 2.05) is 18.2 Å². The van der Waals surface area contributed by atoms with Gasteiger partial charge < -0.3 is 5.32 Å². The van der Waals surface area contributed by atoms with Gasteiger partial charge in [-0.1, -0.05) is 23.4 Å². The van der Waals surface area contributed by atoms with Crippen molar-refractivity contribution >= 4 is 50.1 Å². The van der Waals surface area contributed by atoms with Crippen molar-refractivity contribution in [3.63, 3.8) is 0 Å². The molecule has 5 heteroatoms. The predicted molar refractivity (Wildman–Crippen MR) is 72.1 cm³/mol. The summed E-state index contributed by atoms with van der Waals surface area (Å²) in [4.78, 5) is 4.46. The molecule has 0 radical (unpaired) electrons. The highest BCUT2D eigenvalue weighted by molar-refractivity contribution is 9.10. The number of rotatable bonds is 1. The Hall–Kier alpha value is -0.190. The van der Waals surface area contributed by atoms with Gasteiger partial charge in [-0.3, -0.25) is 4.99 Å². The number of amidine groups is 1. The van der Waals surface area contributed by atoms with Crippen molar-refractivity contribution in [1.29, 1.82) is 0 Å². The van der Waals surface area contributed by atoms with Crippen LogP contribution in [0.4, 0.5) is 5.69 Å². The first kappa shape index (κ1) is 11.3. The van der Waals surface area contributed by atoms with Gasteiger partial charge in [-0.05, 0) is 41.1 Å². The van der Waals surface area contributed by atoms with Crippen LogP contribution in [0.5, 0.6) is 0 Å². The number of nitrogens with zero attached hydrogens (tertiary/aromatic N) is 1. The van der Waals surface area contributed by atoms with E-state index in [0.29, 0.717) is 6.04 Å². The molecule has 0 aromatic heterocycles. The maximum atomic E-state index is 5.86. The minimum absolute atomic E-state index is 0.406. The van der Waals surface area contributed by atoms with Gasteiger partial charge in [0, 0.05) is 15.2 Å². The summed E-state index contributed by atoms with van der Waals surface area (Å²) in [6.45, 7) is 2.11. The number of hydrogen-bond acceptors (Lipinski definition) is 3. The van der Waals surface area contributed by atoms with Crippen LogP contribution in [0.15, 0.2) is 27.7 Å². The van der Waals surface area contributed by atoms with Crippen LogP contribution in [0.25, 0.3) is 0 Å². The highest BCUT2D eigenvalue weighted by Crippen LogP contribution is 2.28. The molecule has 80 valence electrons. The van der Waals surface area contributed by atoms with Gasteiger partial charge in [0.25, 0.3) is 0 Å². The summed E-state index contributed by atoms with van der Waals surface area (Å²) >= 11 is 11.1. The molecule has 1 aliphatic heterocycles. The van der Waals surface area contributed by atoms with Gasteiger partial charge in [-0.15, -0.1) is 0 Å². The van der Waals surface area contributed by atoms with Gasteiger partial charge in [-0.25, -0.2) is 0 Å². The summed E-state index contributed by atoms with van der Waals surface area (Å²) < 4.78 is 0.956. The molecule has 0 spiro atoms. The number of halogens is 2. The molecule has 1 N–H and O–H groups in total. The largest absolute Gasteiger partial charge is 0.334 e. The zero-order valence-corrected chi connectivity index (χ0v) is 11.3. The van der Waals surface area contributed by atoms with Crippen molar-refractivity contribution in [3.05, 3.63) is 27.7 Å². The van der Waals surface area contributed by atoms with Gasteiger partial charge in [0.2, 0.25) is 0 Å². The third-order valence-electron chi connectivity index (χ3n) is 1.97. The average Bonchev–Trinajstić information content (AvgIpc) is 2.56. The molecule has 15 heavy (non-hydrogen) atoms. The van der Waals surface area contributed by atoms with Crippen LogP contribution in [-0.2, 0) is 0 Å². The zero-order chi connectivity index (χ0) is 10.8. The topological polar surface area (TPSA) is 24.4 Å². The fraction of sp³-hybridized carbons (Fsp3) is 0.300.